The number of aromatic nitrogens is 2. The molecular weight excluding hydrogens is 150 g/mol. The summed E-state index contributed by atoms with van der Waals surface area (Å²) in [5.74, 6) is 0.898. The highest BCUT2D eigenvalue weighted by molar-refractivity contribution is 5.37. The number of anilines is 1. The average Bonchev–Trinajstić information content (AvgIpc) is 2.82. The van der Waals surface area contributed by atoms with Crippen LogP contribution >= 0.6 is 0 Å². The normalized spacial score (nSPS) is 23.8. The number of hydrogen-bond acceptors (Lipinski definition) is 3. The molecular formula is C9H11N3. The lowest BCUT2D eigenvalue weighted by Crippen LogP contribution is -2.49. The fourth-order valence-electron chi connectivity index (χ4n) is 1.85. The molecule has 0 unspecified atom stereocenters. The Hall–Kier alpha value is -1.12. The van der Waals surface area contributed by atoms with Gasteiger partial charge in [0.25, 0.3) is 0 Å². The molecule has 3 rings (SSSR count). The van der Waals surface area contributed by atoms with Gasteiger partial charge in [0.2, 0.25) is 5.95 Å². The summed E-state index contributed by atoms with van der Waals surface area (Å²) in [7, 11) is 0. The van der Waals surface area contributed by atoms with Crippen LogP contribution in [0.1, 0.15) is 12.8 Å². The lowest BCUT2D eigenvalue weighted by Gasteiger charge is -2.39. The van der Waals surface area contributed by atoms with Crippen LogP contribution in [0.5, 0.6) is 0 Å². The molecule has 0 N–H and O–H groups in total. The van der Waals surface area contributed by atoms with Gasteiger partial charge in [-0.3, -0.25) is 0 Å². The molecule has 0 aromatic carbocycles. The van der Waals surface area contributed by atoms with Crippen LogP contribution in [0, 0.1) is 5.41 Å². The van der Waals surface area contributed by atoms with Crippen molar-refractivity contribution in [2.24, 2.45) is 5.41 Å². The van der Waals surface area contributed by atoms with Crippen LogP contribution in [0.15, 0.2) is 18.5 Å². The summed E-state index contributed by atoms with van der Waals surface area (Å²) in [4.78, 5) is 10.7. The zero-order chi connectivity index (χ0) is 8.02. The third-order valence-corrected chi connectivity index (χ3v) is 2.84. The first-order valence-corrected chi connectivity index (χ1v) is 4.40. The van der Waals surface area contributed by atoms with Gasteiger partial charge in [-0.2, -0.15) is 0 Å². The molecule has 1 spiro atoms. The molecule has 1 aliphatic heterocycles. The second-order valence-electron chi connectivity index (χ2n) is 3.90. The molecule has 3 nitrogen and oxygen atoms in total. The minimum Gasteiger partial charge on any atom is -0.340 e. The fourth-order valence-corrected chi connectivity index (χ4v) is 1.85. The lowest BCUT2D eigenvalue weighted by atomic mass is 9.98. The number of nitrogens with zero attached hydrogens (tertiary/aromatic N) is 3. The first-order valence-electron chi connectivity index (χ1n) is 4.40. The van der Waals surface area contributed by atoms with Gasteiger partial charge < -0.3 is 4.90 Å². The minimum atomic E-state index is 0.694. The van der Waals surface area contributed by atoms with Gasteiger partial charge in [0.1, 0.15) is 0 Å². The summed E-state index contributed by atoms with van der Waals surface area (Å²) in [6.45, 7) is 2.36. The Bertz CT molecular complexity index is 284. The van der Waals surface area contributed by atoms with Gasteiger partial charge in [-0.25, -0.2) is 9.97 Å². The standard InChI is InChI=1S/C9H11N3/c1-4-10-8(11-5-1)12-6-9(7-12)2-3-9/h1,4-5H,2-3,6-7H2. The van der Waals surface area contributed by atoms with Gasteiger partial charge in [-0.15, -0.1) is 0 Å². The summed E-state index contributed by atoms with van der Waals surface area (Å²) >= 11 is 0. The van der Waals surface area contributed by atoms with E-state index < -0.39 is 0 Å². The maximum Gasteiger partial charge on any atom is 0.225 e. The van der Waals surface area contributed by atoms with Crippen LogP contribution in [0.3, 0.4) is 0 Å². The van der Waals surface area contributed by atoms with Gasteiger partial charge >= 0.3 is 0 Å². The maximum absolute atomic E-state index is 4.21. The van der Waals surface area contributed by atoms with E-state index in [1.54, 1.807) is 12.4 Å². The molecule has 0 radical (unpaired) electrons. The summed E-state index contributed by atoms with van der Waals surface area (Å²) in [6.07, 6.45) is 6.44. The third kappa shape index (κ3) is 0.823. The van der Waals surface area contributed by atoms with Crippen molar-refractivity contribution in [3.8, 4) is 0 Å². The van der Waals surface area contributed by atoms with Crippen molar-refractivity contribution in [1.29, 1.82) is 0 Å². The topological polar surface area (TPSA) is 29.0 Å². The fraction of sp³-hybridized carbons (Fsp3) is 0.556. The molecule has 2 aliphatic rings. The highest BCUT2D eigenvalue weighted by Gasteiger charge is 2.52. The summed E-state index contributed by atoms with van der Waals surface area (Å²) in [5.41, 5.74) is 0.694. The van der Waals surface area contributed by atoms with E-state index in [1.807, 2.05) is 6.07 Å². The zero-order valence-electron chi connectivity index (χ0n) is 6.90. The monoisotopic (exact) mass is 161 g/mol. The van der Waals surface area contributed by atoms with Crippen LogP contribution in [0.4, 0.5) is 5.95 Å². The lowest BCUT2D eigenvalue weighted by molar-refractivity contribution is 0.381. The molecule has 12 heavy (non-hydrogen) atoms. The second-order valence-corrected chi connectivity index (χ2v) is 3.90. The Morgan fingerprint density at radius 1 is 1.17 bits per heavy atom. The van der Waals surface area contributed by atoms with Crippen molar-refractivity contribution in [2.75, 3.05) is 18.0 Å². The van der Waals surface area contributed by atoms with Crippen LogP contribution in [0.2, 0.25) is 0 Å². The molecule has 62 valence electrons. The Balaban J connectivity index is 1.76. The molecule has 1 aliphatic carbocycles. The van der Waals surface area contributed by atoms with Crippen molar-refractivity contribution in [3.63, 3.8) is 0 Å². The largest absolute Gasteiger partial charge is 0.340 e. The Labute approximate surface area is 71.4 Å². The van der Waals surface area contributed by atoms with Crippen molar-refractivity contribution < 1.29 is 0 Å². The zero-order valence-corrected chi connectivity index (χ0v) is 6.90. The van der Waals surface area contributed by atoms with E-state index in [0.717, 1.165) is 5.95 Å². The van der Waals surface area contributed by atoms with Crippen LogP contribution in [-0.4, -0.2) is 23.1 Å². The summed E-state index contributed by atoms with van der Waals surface area (Å²) in [6, 6.07) is 1.86. The van der Waals surface area contributed by atoms with E-state index >= 15 is 0 Å². The summed E-state index contributed by atoms with van der Waals surface area (Å²) in [5, 5.41) is 0. The number of rotatable bonds is 1. The van der Waals surface area contributed by atoms with E-state index in [0.29, 0.717) is 5.41 Å². The van der Waals surface area contributed by atoms with E-state index in [1.165, 1.54) is 25.9 Å². The minimum absolute atomic E-state index is 0.694. The van der Waals surface area contributed by atoms with Crippen molar-refractivity contribution in [2.45, 2.75) is 12.8 Å². The molecule has 2 fully saturated rings. The van der Waals surface area contributed by atoms with Gasteiger partial charge in [-0.05, 0) is 18.9 Å². The highest BCUT2D eigenvalue weighted by Crippen LogP contribution is 2.53. The quantitative estimate of drug-likeness (QED) is 0.617. The molecule has 0 atom stereocenters. The maximum atomic E-state index is 4.21. The SMILES string of the molecule is c1cnc(N2CC3(CC3)C2)nc1. The van der Waals surface area contributed by atoms with E-state index in [2.05, 4.69) is 14.9 Å². The van der Waals surface area contributed by atoms with Crippen LogP contribution < -0.4 is 4.90 Å². The second kappa shape index (κ2) is 1.97. The average molecular weight is 161 g/mol. The molecule has 1 saturated heterocycles. The highest BCUT2D eigenvalue weighted by atomic mass is 15.3. The van der Waals surface area contributed by atoms with Gasteiger partial charge in [0.15, 0.2) is 0 Å². The Morgan fingerprint density at radius 3 is 2.42 bits per heavy atom. The van der Waals surface area contributed by atoms with Crippen LogP contribution in [0.25, 0.3) is 0 Å². The van der Waals surface area contributed by atoms with E-state index in [4.69, 9.17) is 0 Å². The molecule has 1 aromatic heterocycles. The predicted molar refractivity (Wildman–Crippen MR) is 45.9 cm³/mol. The molecule has 0 amide bonds. The smallest absolute Gasteiger partial charge is 0.225 e. The van der Waals surface area contributed by atoms with Gasteiger partial charge in [-0.1, -0.05) is 0 Å². The molecule has 1 saturated carbocycles. The number of hydrogen-bond donors (Lipinski definition) is 0. The molecule has 3 heteroatoms. The first kappa shape index (κ1) is 6.40. The van der Waals surface area contributed by atoms with E-state index in [9.17, 15) is 0 Å². The first-order chi connectivity index (χ1) is 5.88. The van der Waals surface area contributed by atoms with Crippen LogP contribution in [-0.2, 0) is 0 Å². The molecule has 0 bridgehead atoms. The van der Waals surface area contributed by atoms with Gasteiger partial charge in [0.05, 0.1) is 0 Å². The molecule has 1 aromatic rings. The van der Waals surface area contributed by atoms with E-state index in [-0.39, 0.29) is 0 Å². The van der Waals surface area contributed by atoms with Gasteiger partial charge in [0, 0.05) is 30.9 Å². The molecule has 2 heterocycles. The Morgan fingerprint density at radius 2 is 1.83 bits per heavy atom. The Kier molecular flexibility index (Phi) is 1.05. The van der Waals surface area contributed by atoms with Crippen molar-refractivity contribution in [1.82, 2.24) is 9.97 Å². The predicted octanol–water partition coefficient (Wildman–Crippen LogP) is 1.08. The van der Waals surface area contributed by atoms with Crippen molar-refractivity contribution >= 4 is 5.95 Å². The summed E-state index contributed by atoms with van der Waals surface area (Å²) < 4.78 is 0. The van der Waals surface area contributed by atoms with Crippen molar-refractivity contribution in [3.05, 3.63) is 18.5 Å². The third-order valence-electron chi connectivity index (χ3n) is 2.84.